The first kappa shape index (κ1) is 20.7. The monoisotopic (exact) mass is 415 g/mol. The van der Waals surface area contributed by atoms with Crippen LogP contribution in [0.1, 0.15) is 46.3 Å². The number of carbonyl (C=O) groups is 2. The molecule has 1 aromatic carbocycles. The molecule has 2 aromatic heterocycles. The number of hydrogen-bond donors (Lipinski definition) is 1. The number of hydrogen-bond acceptors (Lipinski definition) is 5. The number of benzene rings is 1. The third kappa shape index (κ3) is 5.12. The van der Waals surface area contributed by atoms with Gasteiger partial charge in [-0.25, -0.2) is 9.97 Å². The Kier molecular flexibility index (Phi) is 6.31. The van der Waals surface area contributed by atoms with Crippen molar-refractivity contribution in [2.45, 2.75) is 32.1 Å². The zero-order valence-corrected chi connectivity index (χ0v) is 17.5. The Balaban J connectivity index is 1.35. The third-order valence-corrected chi connectivity index (χ3v) is 5.55. The van der Waals surface area contributed by atoms with Gasteiger partial charge in [0.2, 0.25) is 5.91 Å². The van der Waals surface area contributed by atoms with E-state index in [0.29, 0.717) is 30.8 Å². The molecule has 0 spiro atoms. The molecule has 0 bridgehead atoms. The molecule has 3 aromatic rings. The number of nitrogens with zero attached hydrogens (tertiary/aromatic N) is 4. The number of anilines is 1. The lowest BCUT2D eigenvalue weighted by Crippen LogP contribution is -2.39. The van der Waals surface area contributed by atoms with Crippen molar-refractivity contribution < 1.29 is 9.59 Å². The van der Waals surface area contributed by atoms with Crippen LogP contribution in [-0.4, -0.2) is 44.8 Å². The lowest BCUT2D eigenvalue weighted by atomic mass is 9.95. The van der Waals surface area contributed by atoms with Crippen LogP contribution in [0.5, 0.6) is 0 Å². The van der Waals surface area contributed by atoms with Gasteiger partial charge in [0.25, 0.3) is 5.91 Å². The van der Waals surface area contributed by atoms with Gasteiger partial charge in [0, 0.05) is 42.8 Å². The lowest BCUT2D eigenvalue weighted by molar-refractivity contribution is -0.131. The topological polar surface area (TPSA) is 88.1 Å². The summed E-state index contributed by atoms with van der Waals surface area (Å²) >= 11 is 0. The van der Waals surface area contributed by atoms with Gasteiger partial charge in [-0.15, -0.1) is 0 Å². The highest BCUT2D eigenvalue weighted by Gasteiger charge is 2.26. The number of piperidine rings is 1. The fraction of sp³-hybridized carbons (Fsp3) is 0.292. The number of rotatable bonds is 5. The molecule has 31 heavy (non-hydrogen) atoms. The molecule has 2 amide bonds. The summed E-state index contributed by atoms with van der Waals surface area (Å²) in [5.74, 6) is 0.807. The molecule has 1 aliphatic heterocycles. The molecule has 0 unspecified atom stereocenters. The van der Waals surface area contributed by atoms with Crippen LogP contribution in [0.25, 0.3) is 0 Å². The van der Waals surface area contributed by atoms with Crippen LogP contribution in [0.4, 0.5) is 5.69 Å². The van der Waals surface area contributed by atoms with E-state index in [9.17, 15) is 9.59 Å². The molecule has 0 saturated carbocycles. The zero-order chi connectivity index (χ0) is 21.6. The van der Waals surface area contributed by atoms with Crippen molar-refractivity contribution in [3.8, 4) is 0 Å². The average Bonchev–Trinajstić information content (AvgIpc) is 2.80. The van der Waals surface area contributed by atoms with Gasteiger partial charge < -0.3 is 10.2 Å². The van der Waals surface area contributed by atoms with Crippen LogP contribution in [0.3, 0.4) is 0 Å². The normalized spacial score (nSPS) is 14.3. The Morgan fingerprint density at radius 3 is 2.45 bits per heavy atom. The van der Waals surface area contributed by atoms with E-state index in [1.54, 1.807) is 12.4 Å². The summed E-state index contributed by atoms with van der Waals surface area (Å²) in [5.41, 5.74) is 2.65. The lowest BCUT2D eigenvalue weighted by Gasteiger charge is -2.31. The van der Waals surface area contributed by atoms with Crippen LogP contribution in [-0.2, 0) is 11.2 Å². The van der Waals surface area contributed by atoms with Gasteiger partial charge in [-0.2, -0.15) is 0 Å². The van der Waals surface area contributed by atoms with Crippen molar-refractivity contribution in [3.05, 3.63) is 83.7 Å². The largest absolute Gasteiger partial charge is 0.342 e. The number of nitrogens with one attached hydrogen (secondary N) is 1. The first-order valence-corrected chi connectivity index (χ1v) is 10.5. The standard InChI is InChI=1S/C24H25N5O2/c1-17-21(24(31)28-19-7-3-2-4-8-19)16-26-23(27-17)18-10-13-29(14-11-18)22(30)15-20-9-5-6-12-25-20/h2-9,12,16,18H,10-11,13-15H2,1H3,(H,28,31). The Morgan fingerprint density at radius 2 is 1.77 bits per heavy atom. The van der Waals surface area contributed by atoms with E-state index in [-0.39, 0.29) is 17.7 Å². The maximum atomic E-state index is 12.6. The highest BCUT2D eigenvalue weighted by Crippen LogP contribution is 2.26. The molecule has 0 aliphatic carbocycles. The van der Waals surface area contributed by atoms with E-state index >= 15 is 0 Å². The first-order valence-electron chi connectivity index (χ1n) is 10.5. The van der Waals surface area contributed by atoms with E-state index in [4.69, 9.17) is 0 Å². The number of pyridine rings is 1. The predicted molar refractivity (Wildman–Crippen MR) is 118 cm³/mol. The van der Waals surface area contributed by atoms with Crippen LogP contribution in [0.2, 0.25) is 0 Å². The van der Waals surface area contributed by atoms with Crippen LogP contribution < -0.4 is 5.32 Å². The van der Waals surface area contributed by atoms with Crippen molar-refractivity contribution in [2.24, 2.45) is 0 Å². The van der Waals surface area contributed by atoms with E-state index < -0.39 is 0 Å². The summed E-state index contributed by atoms with van der Waals surface area (Å²) in [4.78, 5) is 40.3. The first-order chi connectivity index (χ1) is 15.1. The van der Waals surface area contributed by atoms with Crippen molar-refractivity contribution in [3.63, 3.8) is 0 Å². The second kappa shape index (κ2) is 9.47. The molecule has 3 heterocycles. The molecular formula is C24H25N5O2. The van der Waals surface area contributed by atoms with Crippen LogP contribution >= 0.6 is 0 Å². The second-order valence-corrected chi connectivity index (χ2v) is 7.70. The minimum atomic E-state index is -0.217. The second-order valence-electron chi connectivity index (χ2n) is 7.70. The molecule has 7 nitrogen and oxygen atoms in total. The molecule has 0 radical (unpaired) electrons. The van der Waals surface area contributed by atoms with E-state index in [0.717, 1.165) is 30.0 Å². The van der Waals surface area contributed by atoms with Gasteiger partial charge in [0.15, 0.2) is 0 Å². The summed E-state index contributed by atoms with van der Waals surface area (Å²) in [6.07, 6.45) is 5.26. The summed E-state index contributed by atoms with van der Waals surface area (Å²) in [7, 11) is 0. The van der Waals surface area contributed by atoms with Gasteiger partial charge in [-0.05, 0) is 44.0 Å². The summed E-state index contributed by atoms with van der Waals surface area (Å²) in [6.45, 7) is 3.18. The van der Waals surface area contributed by atoms with Crippen LogP contribution in [0.15, 0.2) is 60.9 Å². The number of amides is 2. The molecule has 1 saturated heterocycles. The van der Waals surface area contributed by atoms with Gasteiger partial charge in [-0.3, -0.25) is 14.6 Å². The van der Waals surface area contributed by atoms with Gasteiger partial charge in [0.1, 0.15) is 5.82 Å². The van der Waals surface area contributed by atoms with Gasteiger partial charge >= 0.3 is 0 Å². The Bertz CT molecular complexity index is 1050. The van der Waals surface area contributed by atoms with Crippen LogP contribution in [0, 0.1) is 6.92 Å². The number of aryl methyl sites for hydroxylation is 1. The van der Waals surface area contributed by atoms with Crippen molar-refractivity contribution in [1.29, 1.82) is 0 Å². The highest BCUT2D eigenvalue weighted by molar-refractivity contribution is 6.04. The maximum absolute atomic E-state index is 12.6. The minimum Gasteiger partial charge on any atom is -0.342 e. The number of para-hydroxylation sites is 1. The molecule has 1 N–H and O–H groups in total. The van der Waals surface area contributed by atoms with E-state index in [1.165, 1.54) is 0 Å². The molecule has 1 aliphatic rings. The fourth-order valence-corrected chi connectivity index (χ4v) is 3.78. The average molecular weight is 415 g/mol. The zero-order valence-electron chi connectivity index (χ0n) is 17.5. The molecule has 1 fully saturated rings. The number of likely N-dealkylation sites (tertiary alicyclic amines) is 1. The number of carbonyl (C=O) groups excluding carboxylic acids is 2. The van der Waals surface area contributed by atoms with Crippen molar-refractivity contribution in [1.82, 2.24) is 19.9 Å². The SMILES string of the molecule is Cc1nc(C2CCN(C(=O)Cc3ccccn3)CC2)ncc1C(=O)Nc1ccccc1. The third-order valence-electron chi connectivity index (χ3n) is 5.55. The summed E-state index contributed by atoms with van der Waals surface area (Å²) in [6, 6.07) is 14.9. The molecule has 4 rings (SSSR count). The van der Waals surface area contributed by atoms with Gasteiger partial charge in [-0.1, -0.05) is 24.3 Å². The molecule has 7 heteroatoms. The Hall–Kier alpha value is -3.61. The minimum absolute atomic E-state index is 0.0992. The summed E-state index contributed by atoms with van der Waals surface area (Å²) in [5, 5.41) is 2.87. The highest BCUT2D eigenvalue weighted by atomic mass is 16.2. The quantitative estimate of drug-likeness (QED) is 0.690. The van der Waals surface area contributed by atoms with E-state index in [2.05, 4.69) is 20.3 Å². The van der Waals surface area contributed by atoms with Gasteiger partial charge in [0.05, 0.1) is 17.7 Å². The maximum Gasteiger partial charge on any atom is 0.259 e. The smallest absolute Gasteiger partial charge is 0.259 e. The van der Waals surface area contributed by atoms with E-state index in [1.807, 2.05) is 60.4 Å². The fourth-order valence-electron chi connectivity index (χ4n) is 3.78. The molecule has 0 atom stereocenters. The molecular weight excluding hydrogens is 390 g/mol. The molecule has 158 valence electrons. The Labute approximate surface area is 181 Å². The Morgan fingerprint density at radius 1 is 1.03 bits per heavy atom. The summed E-state index contributed by atoms with van der Waals surface area (Å²) < 4.78 is 0. The van der Waals surface area contributed by atoms with Crippen molar-refractivity contribution in [2.75, 3.05) is 18.4 Å². The van der Waals surface area contributed by atoms with Crippen molar-refractivity contribution >= 4 is 17.5 Å². The predicted octanol–water partition coefficient (Wildman–Crippen LogP) is 3.38. The number of aromatic nitrogens is 3.